The minimum Gasteiger partial charge on any atom is -0.462 e. The summed E-state index contributed by atoms with van der Waals surface area (Å²) in [7, 11) is -4.38. The number of rotatable bonds is 45. The lowest BCUT2D eigenvalue weighted by Gasteiger charge is -2.19. The van der Waals surface area contributed by atoms with Crippen LogP contribution in [0.4, 0.5) is 0 Å². The normalized spacial score (nSPS) is 13.4. The Kier molecular flexibility index (Phi) is 42.9. The van der Waals surface area contributed by atoms with Gasteiger partial charge in [0.05, 0.1) is 13.2 Å². The van der Waals surface area contributed by atoms with Crippen molar-refractivity contribution < 1.29 is 37.6 Å². The van der Waals surface area contributed by atoms with Gasteiger partial charge in [0.15, 0.2) is 6.10 Å². The Morgan fingerprint density at radius 1 is 0.509 bits per heavy atom. The molecule has 10 heteroatoms. The minimum absolute atomic E-state index is 0.0505. The second-order valence-corrected chi connectivity index (χ2v) is 17.4. The molecule has 0 aromatic rings. The Labute approximate surface area is 351 Å². The lowest BCUT2D eigenvalue weighted by atomic mass is 10.0. The molecule has 0 amide bonds. The fourth-order valence-corrected chi connectivity index (χ4v) is 7.54. The zero-order valence-electron chi connectivity index (χ0n) is 37.1. The highest BCUT2D eigenvalue weighted by Crippen LogP contribution is 2.43. The molecule has 0 aromatic carbocycles. The van der Waals surface area contributed by atoms with Crippen molar-refractivity contribution >= 4 is 19.8 Å². The first-order valence-electron chi connectivity index (χ1n) is 23.8. The number of phosphoric ester groups is 1. The van der Waals surface area contributed by atoms with Crippen molar-refractivity contribution in [2.45, 2.75) is 238 Å². The Morgan fingerprint density at radius 2 is 0.895 bits per heavy atom. The molecule has 57 heavy (non-hydrogen) atoms. The molecule has 0 radical (unpaired) electrons. The maximum Gasteiger partial charge on any atom is 0.472 e. The second kappa shape index (κ2) is 44.1. The maximum absolute atomic E-state index is 12.6. The van der Waals surface area contributed by atoms with Gasteiger partial charge in [-0.25, -0.2) is 4.57 Å². The van der Waals surface area contributed by atoms with E-state index in [1.165, 1.54) is 154 Å². The summed E-state index contributed by atoms with van der Waals surface area (Å²) in [5, 5.41) is 0. The van der Waals surface area contributed by atoms with E-state index in [2.05, 4.69) is 38.2 Å². The summed E-state index contributed by atoms with van der Waals surface area (Å²) in [5.41, 5.74) is 5.35. The van der Waals surface area contributed by atoms with Gasteiger partial charge in [0.2, 0.25) is 0 Å². The molecule has 0 rings (SSSR count). The van der Waals surface area contributed by atoms with Crippen molar-refractivity contribution in [3.63, 3.8) is 0 Å². The van der Waals surface area contributed by atoms with Crippen molar-refractivity contribution in [3.8, 4) is 0 Å². The Balaban J connectivity index is 4.08. The number of ether oxygens (including phenoxy) is 2. The van der Waals surface area contributed by atoms with Gasteiger partial charge in [0.25, 0.3) is 0 Å². The van der Waals surface area contributed by atoms with Gasteiger partial charge in [-0.05, 0) is 44.9 Å². The van der Waals surface area contributed by atoms with E-state index in [1.54, 1.807) is 0 Å². The van der Waals surface area contributed by atoms with Crippen LogP contribution in [0.5, 0.6) is 0 Å². The average Bonchev–Trinajstić information content (AvgIpc) is 3.20. The van der Waals surface area contributed by atoms with Crippen LogP contribution < -0.4 is 5.73 Å². The number of carbonyl (C=O) groups excluding carboxylic acids is 2. The number of hydrogen-bond acceptors (Lipinski definition) is 8. The van der Waals surface area contributed by atoms with Gasteiger partial charge in [-0.1, -0.05) is 199 Å². The number of allylic oxidation sites excluding steroid dienone is 4. The molecule has 3 N–H and O–H groups in total. The lowest BCUT2D eigenvalue weighted by Crippen LogP contribution is -2.29. The first kappa shape index (κ1) is 55.5. The van der Waals surface area contributed by atoms with E-state index in [0.29, 0.717) is 12.8 Å². The number of esters is 2. The third-order valence-corrected chi connectivity index (χ3v) is 11.3. The summed E-state index contributed by atoms with van der Waals surface area (Å²) in [6, 6.07) is 0. The maximum atomic E-state index is 12.6. The van der Waals surface area contributed by atoms with Crippen molar-refractivity contribution in [1.29, 1.82) is 0 Å². The van der Waals surface area contributed by atoms with E-state index in [9.17, 15) is 19.0 Å². The van der Waals surface area contributed by atoms with Crippen LogP contribution in [0.25, 0.3) is 0 Å². The second-order valence-electron chi connectivity index (χ2n) is 16.0. The summed E-state index contributed by atoms with van der Waals surface area (Å²) in [6.07, 6.45) is 48.0. The Hall–Kier alpha value is -1.51. The third kappa shape index (κ3) is 43.9. The molecule has 0 heterocycles. The predicted molar refractivity (Wildman–Crippen MR) is 238 cm³/mol. The SMILES string of the molecule is CCCCCCCCCCCCCCCC/C=C/CC/C=C/CCCC(=O)OC[C@@H](COP(=O)(O)OCCN)OC(=O)CCCCCCCCCCCCCCC. The van der Waals surface area contributed by atoms with Gasteiger partial charge in [-0.3, -0.25) is 18.6 Å². The highest BCUT2D eigenvalue weighted by molar-refractivity contribution is 7.47. The summed E-state index contributed by atoms with van der Waals surface area (Å²) >= 11 is 0. The summed E-state index contributed by atoms with van der Waals surface area (Å²) in [5.74, 6) is -0.868. The molecule has 9 nitrogen and oxygen atoms in total. The molecular weight excluding hydrogens is 737 g/mol. The molecule has 0 fully saturated rings. The molecule has 0 saturated heterocycles. The van der Waals surface area contributed by atoms with Crippen LogP contribution in [-0.2, 0) is 32.7 Å². The van der Waals surface area contributed by atoms with Gasteiger partial charge in [0.1, 0.15) is 6.61 Å². The molecule has 0 saturated carbocycles. The smallest absolute Gasteiger partial charge is 0.462 e. The topological polar surface area (TPSA) is 134 Å². The van der Waals surface area contributed by atoms with E-state index in [4.69, 9.17) is 24.3 Å². The molecule has 0 aliphatic carbocycles. The van der Waals surface area contributed by atoms with E-state index < -0.39 is 32.5 Å². The predicted octanol–water partition coefficient (Wildman–Crippen LogP) is 13.9. The Bertz CT molecular complexity index is 990. The van der Waals surface area contributed by atoms with Gasteiger partial charge < -0.3 is 20.1 Å². The van der Waals surface area contributed by atoms with Gasteiger partial charge >= 0.3 is 19.8 Å². The summed E-state index contributed by atoms with van der Waals surface area (Å²) < 4.78 is 32.8. The molecule has 0 spiro atoms. The first-order valence-corrected chi connectivity index (χ1v) is 25.3. The third-order valence-electron chi connectivity index (χ3n) is 10.3. The number of nitrogens with two attached hydrogens (primary N) is 1. The van der Waals surface area contributed by atoms with Crippen LogP contribution >= 0.6 is 7.82 Å². The van der Waals surface area contributed by atoms with Gasteiger partial charge in [-0.2, -0.15) is 0 Å². The fraction of sp³-hybridized carbons (Fsp3) is 0.872. The molecule has 0 aliphatic heterocycles. The van der Waals surface area contributed by atoms with Crippen molar-refractivity contribution in [1.82, 2.24) is 0 Å². The van der Waals surface area contributed by atoms with Crippen molar-refractivity contribution in [2.24, 2.45) is 5.73 Å². The fourth-order valence-electron chi connectivity index (χ4n) is 6.77. The van der Waals surface area contributed by atoms with E-state index in [0.717, 1.165) is 38.5 Å². The number of phosphoric acid groups is 1. The number of carbonyl (C=O) groups is 2. The number of hydrogen-bond donors (Lipinski definition) is 2. The number of unbranched alkanes of at least 4 members (excludes halogenated alkanes) is 28. The zero-order valence-corrected chi connectivity index (χ0v) is 38.0. The van der Waals surface area contributed by atoms with Crippen molar-refractivity contribution in [2.75, 3.05) is 26.4 Å². The monoisotopic (exact) mass is 828 g/mol. The van der Waals surface area contributed by atoms with Crippen LogP contribution in [0.3, 0.4) is 0 Å². The summed E-state index contributed by atoms with van der Waals surface area (Å²) in [4.78, 5) is 34.9. The van der Waals surface area contributed by atoms with Crippen LogP contribution in [0.2, 0.25) is 0 Å². The lowest BCUT2D eigenvalue weighted by molar-refractivity contribution is -0.161. The highest BCUT2D eigenvalue weighted by atomic mass is 31.2. The average molecular weight is 828 g/mol. The minimum atomic E-state index is -4.38. The van der Waals surface area contributed by atoms with Crippen LogP contribution in [-0.4, -0.2) is 49.3 Å². The quantitative estimate of drug-likeness (QED) is 0.0266. The van der Waals surface area contributed by atoms with Gasteiger partial charge in [-0.15, -0.1) is 0 Å². The first-order chi connectivity index (χ1) is 27.8. The van der Waals surface area contributed by atoms with Crippen LogP contribution in [0.15, 0.2) is 24.3 Å². The molecule has 2 atom stereocenters. The molecule has 336 valence electrons. The molecule has 1 unspecified atom stereocenters. The molecular formula is C47H90NO8P. The van der Waals surface area contributed by atoms with Gasteiger partial charge in [0, 0.05) is 19.4 Å². The van der Waals surface area contributed by atoms with E-state index in [1.807, 2.05) is 0 Å². The highest BCUT2D eigenvalue weighted by Gasteiger charge is 2.26. The van der Waals surface area contributed by atoms with E-state index in [-0.39, 0.29) is 32.6 Å². The molecule has 0 bridgehead atoms. The molecule has 0 aliphatic rings. The van der Waals surface area contributed by atoms with E-state index >= 15 is 0 Å². The Morgan fingerprint density at radius 3 is 1.35 bits per heavy atom. The largest absolute Gasteiger partial charge is 0.472 e. The van der Waals surface area contributed by atoms with Crippen LogP contribution in [0.1, 0.15) is 232 Å². The van der Waals surface area contributed by atoms with Crippen molar-refractivity contribution in [3.05, 3.63) is 24.3 Å². The zero-order chi connectivity index (χ0) is 41.8. The molecule has 0 aromatic heterocycles. The summed E-state index contributed by atoms with van der Waals surface area (Å²) in [6.45, 7) is 3.72. The standard InChI is InChI=1S/C47H90NO8P/c1-3-5-7-9-11-13-15-17-18-19-20-21-22-23-24-25-26-28-29-31-33-35-37-39-46(49)53-43-45(44-55-57(51,52)54-42-41-48)56-47(50)40-38-36-34-32-30-27-16-14-12-10-8-6-4-2/h25-26,31,33,45H,3-24,27-30,32,34-44,48H2,1-2H3,(H,51,52)/b26-25+,33-31+/t45-/m0/s1. The van der Waals surface area contributed by atoms with Crippen LogP contribution in [0, 0.1) is 0 Å².